The molecule has 1 saturated heterocycles. The zero-order valence-electron chi connectivity index (χ0n) is 10.9. The molecule has 2 atom stereocenters. The molecular formula is C12H24N2O3. The van der Waals surface area contributed by atoms with Gasteiger partial charge in [-0.25, -0.2) is 0 Å². The van der Waals surface area contributed by atoms with Crippen molar-refractivity contribution >= 4 is 5.91 Å². The van der Waals surface area contributed by atoms with Crippen molar-refractivity contribution in [3.63, 3.8) is 0 Å². The average Bonchev–Trinajstić information content (AvgIpc) is 2.70. The van der Waals surface area contributed by atoms with Crippen molar-refractivity contribution in [1.82, 2.24) is 4.90 Å². The molecule has 0 aromatic carbocycles. The summed E-state index contributed by atoms with van der Waals surface area (Å²) in [5.74, 6) is 0.634. The molecule has 2 N–H and O–H groups in total. The number of likely N-dealkylation sites (tertiary alicyclic amines) is 1. The highest BCUT2D eigenvalue weighted by molar-refractivity contribution is 5.76. The third-order valence-electron chi connectivity index (χ3n) is 3.21. The van der Waals surface area contributed by atoms with Gasteiger partial charge in [0, 0.05) is 19.7 Å². The van der Waals surface area contributed by atoms with Crippen molar-refractivity contribution in [2.75, 3.05) is 40.0 Å². The second kappa shape index (κ2) is 7.63. The first-order valence-electron chi connectivity index (χ1n) is 6.25. The van der Waals surface area contributed by atoms with Crippen LogP contribution in [-0.2, 0) is 14.3 Å². The fourth-order valence-corrected chi connectivity index (χ4v) is 2.21. The number of rotatable bonds is 7. The molecule has 1 fully saturated rings. The molecule has 1 heterocycles. The molecule has 0 aromatic heterocycles. The Balaban J connectivity index is 2.19. The maximum atomic E-state index is 11.9. The Hall–Kier alpha value is -0.650. The molecular weight excluding hydrogens is 220 g/mol. The summed E-state index contributed by atoms with van der Waals surface area (Å²) in [4.78, 5) is 13.9. The van der Waals surface area contributed by atoms with Crippen LogP contribution >= 0.6 is 0 Å². The summed E-state index contributed by atoms with van der Waals surface area (Å²) in [5.41, 5.74) is 5.64. The average molecular weight is 244 g/mol. The SMILES string of the molecule is COCCOCCC(=O)N1CC(CN)CC1C. The van der Waals surface area contributed by atoms with Crippen LogP contribution in [0, 0.1) is 5.92 Å². The lowest BCUT2D eigenvalue weighted by Crippen LogP contribution is -2.35. The van der Waals surface area contributed by atoms with E-state index in [1.807, 2.05) is 4.90 Å². The molecule has 1 rings (SSSR count). The van der Waals surface area contributed by atoms with Crippen LogP contribution in [-0.4, -0.2) is 56.9 Å². The number of nitrogens with two attached hydrogens (primary N) is 1. The Morgan fingerprint density at radius 3 is 2.76 bits per heavy atom. The Morgan fingerprint density at radius 2 is 2.18 bits per heavy atom. The summed E-state index contributed by atoms with van der Waals surface area (Å²) < 4.78 is 10.2. The molecule has 0 saturated carbocycles. The molecule has 0 bridgehead atoms. The second-order valence-corrected chi connectivity index (χ2v) is 4.59. The van der Waals surface area contributed by atoms with E-state index in [1.165, 1.54) is 0 Å². The van der Waals surface area contributed by atoms with Gasteiger partial charge in [-0.15, -0.1) is 0 Å². The Kier molecular flexibility index (Phi) is 6.47. The fraction of sp³-hybridized carbons (Fsp3) is 0.917. The number of hydrogen-bond donors (Lipinski definition) is 1. The lowest BCUT2D eigenvalue weighted by atomic mass is 10.1. The predicted molar refractivity (Wildman–Crippen MR) is 65.6 cm³/mol. The summed E-state index contributed by atoms with van der Waals surface area (Å²) in [6.45, 7) is 5.14. The Labute approximate surface area is 103 Å². The largest absolute Gasteiger partial charge is 0.382 e. The van der Waals surface area contributed by atoms with Crippen LogP contribution in [0.5, 0.6) is 0 Å². The van der Waals surface area contributed by atoms with Crippen LogP contribution in [0.2, 0.25) is 0 Å². The molecule has 0 aromatic rings. The first kappa shape index (κ1) is 14.4. The van der Waals surface area contributed by atoms with E-state index < -0.39 is 0 Å². The van der Waals surface area contributed by atoms with Crippen LogP contribution in [0.15, 0.2) is 0 Å². The normalized spacial score (nSPS) is 24.3. The third-order valence-corrected chi connectivity index (χ3v) is 3.21. The van der Waals surface area contributed by atoms with Gasteiger partial charge in [0.05, 0.1) is 26.2 Å². The van der Waals surface area contributed by atoms with Gasteiger partial charge in [0.1, 0.15) is 0 Å². The van der Waals surface area contributed by atoms with E-state index in [2.05, 4.69) is 6.92 Å². The molecule has 0 radical (unpaired) electrons. The van der Waals surface area contributed by atoms with E-state index >= 15 is 0 Å². The summed E-state index contributed by atoms with van der Waals surface area (Å²) in [6.07, 6.45) is 1.47. The van der Waals surface area contributed by atoms with E-state index in [1.54, 1.807) is 7.11 Å². The smallest absolute Gasteiger partial charge is 0.225 e. The van der Waals surface area contributed by atoms with E-state index in [-0.39, 0.29) is 5.91 Å². The number of amides is 1. The first-order chi connectivity index (χ1) is 8.19. The zero-order chi connectivity index (χ0) is 12.7. The third kappa shape index (κ3) is 4.61. The van der Waals surface area contributed by atoms with Gasteiger partial charge < -0.3 is 20.1 Å². The van der Waals surface area contributed by atoms with Crippen LogP contribution in [0.25, 0.3) is 0 Å². The minimum atomic E-state index is 0.172. The molecule has 17 heavy (non-hydrogen) atoms. The van der Waals surface area contributed by atoms with Gasteiger partial charge in [0.25, 0.3) is 0 Å². The maximum Gasteiger partial charge on any atom is 0.225 e. The lowest BCUT2D eigenvalue weighted by molar-refractivity contribution is -0.133. The number of nitrogens with zero attached hydrogens (tertiary/aromatic N) is 1. The number of hydrogen-bond acceptors (Lipinski definition) is 4. The van der Waals surface area contributed by atoms with Gasteiger partial charge in [-0.2, -0.15) is 0 Å². The fourth-order valence-electron chi connectivity index (χ4n) is 2.21. The topological polar surface area (TPSA) is 64.8 Å². The summed E-state index contributed by atoms with van der Waals surface area (Å²) in [6, 6.07) is 0.315. The van der Waals surface area contributed by atoms with Crippen molar-refractivity contribution in [3.8, 4) is 0 Å². The van der Waals surface area contributed by atoms with E-state index in [4.69, 9.17) is 15.2 Å². The number of carbonyl (C=O) groups is 1. The molecule has 5 heteroatoms. The summed E-state index contributed by atoms with van der Waals surface area (Å²) >= 11 is 0. The van der Waals surface area contributed by atoms with Crippen molar-refractivity contribution in [1.29, 1.82) is 0 Å². The molecule has 1 aliphatic rings. The maximum absolute atomic E-state index is 11.9. The van der Waals surface area contributed by atoms with Crippen molar-refractivity contribution in [2.24, 2.45) is 11.7 Å². The standard InChI is InChI=1S/C12H24N2O3/c1-10-7-11(8-13)9-14(10)12(15)3-4-17-6-5-16-2/h10-11H,3-9,13H2,1-2H3. The highest BCUT2D eigenvalue weighted by Crippen LogP contribution is 2.22. The van der Waals surface area contributed by atoms with Crippen molar-refractivity contribution < 1.29 is 14.3 Å². The van der Waals surface area contributed by atoms with Gasteiger partial charge in [-0.1, -0.05) is 0 Å². The molecule has 100 valence electrons. The van der Waals surface area contributed by atoms with Crippen molar-refractivity contribution in [2.45, 2.75) is 25.8 Å². The van der Waals surface area contributed by atoms with Crippen molar-refractivity contribution in [3.05, 3.63) is 0 Å². The number of carbonyl (C=O) groups excluding carboxylic acids is 1. The molecule has 1 amide bonds. The van der Waals surface area contributed by atoms with Gasteiger partial charge in [0.2, 0.25) is 5.91 Å². The molecule has 1 aliphatic heterocycles. The molecule has 2 unspecified atom stereocenters. The van der Waals surface area contributed by atoms with Gasteiger partial charge in [0.15, 0.2) is 0 Å². The van der Waals surface area contributed by atoms with E-state index in [0.29, 0.717) is 44.7 Å². The lowest BCUT2D eigenvalue weighted by Gasteiger charge is -2.21. The summed E-state index contributed by atoms with van der Waals surface area (Å²) in [7, 11) is 1.63. The predicted octanol–water partition coefficient (Wildman–Crippen LogP) is 0.235. The van der Waals surface area contributed by atoms with Crippen LogP contribution in [0.1, 0.15) is 19.8 Å². The van der Waals surface area contributed by atoms with Crippen LogP contribution in [0.3, 0.4) is 0 Å². The van der Waals surface area contributed by atoms with E-state index in [0.717, 1.165) is 13.0 Å². The Bertz CT molecular complexity index is 236. The summed E-state index contributed by atoms with van der Waals surface area (Å²) in [5, 5.41) is 0. The monoisotopic (exact) mass is 244 g/mol. The number of ether oxygens (including phenoxy) is 2. The molecule has 0 aliphatic carbocycles. The quantitative estimate of drug-likeness (QED) is 0.651. The molecule has 5 nitrogen and oxygen atoms in total. The van der Waals surface area contributed by atoms with E-state index in [9.17, 15) is 4.79 Å². The Morgan fingerprint density at radius 1 is 1.41 bits per heavy atom. The van der Waals surface area contributed by atoms with Gasteiger partial charge in [-0.05, 0) is 25.8 Å². The van der Waals surface area contributed by atoms with Gasteiger partial charge in [-0.3, -0.25) is 4.79 Å². The van der Waals surface area contributed by atoms with Gasteiger partial charge >= 0.3 is 0 Å². The second-order valence-electron chi connectivity index (χ2n) is 4.59. The van der Waals surface area contributed by atoms with Crippen LogP contribution < -0.4 is 5.73 Å². The molecule has 0 spiro atoms. The highest BCUT2D eigenvalue weighted by Gasteiger charge is 2.30. The minimum absolute atomic E-state index is 0.172. The minimum Gasteiger partial charge on any atom is -0.382 e. The number of methoxy groups -OCH3 is 1. The highest BCUT2D eigenvalue weighted by atomic mass is 16.5. The first-order valence-corrected chi connectivity index (χ1v) is 6.25. The zero-order valence-corrected chi connectivity index (χ0v) is 10.9. The van der Waals surface area contributed by atoms with Crippen LogP contribution in [0.4, 0.5) is 0 Å².